The predicted molar refractivity (Wildman–Crippen MR) is 188 cm³/mol. The van der Waals surface area contributed by atoms with Gasteiger partial charge in [-0.1, -0.05) is 97.4 Å². The van der Waals surface area contributed by atoms with Crippen molar-refractivity contribution in [1.82, 2.24) is 0 Å². The van der Waals surface area contributed by atoms with Gasteiger partial charge in [-0.05, 0) is 62.0 Å². The lowest BCUT2D eigenvalue weighted by Crippen LogP contribution is -2.31. The molecule has 1 N–H and O–H groups in total. The SMILES string of the molecule is CCSC/C=C\CCCCCCCC(=O)OCC(COC(=O)CCCCCCC/C=C\CC(C)(C)C)OC(=O)CC(C)CC(=O)O. The van der Waals surface area contributed by atoms with Crippen LogP contribution in [-0.4, -0.2) is 59.8 Å². The molecule has 0 radical (unpaired) electrons. The number of hydrogen-bond acceptors (Lipinski definition) is 8. The van der Waals surface area contributed by atoms with Gasteiger partial charge in [0.15, 0.2) is 6.10 Å². The summed E-state index contributed by atoms with van der Waals surface area (Å²) in [4.78, 5) is 48.0. The van der Waals surface area contributed by atoms with Crippen LogP contribution in [0.5, 0.6) is 0 Å². The molecule has 0 spiro atoms. The van der Waals surface area contributed by atoms with E-state index in [2.05, 4.69) is 52.0 Å². The number of thioether (sulfide) groups is 1. The Bertz CT molecular complexity index is 877. The first kappa shape index (κ1) is 43.7. The highest BCUT2D eigenvalue weighted by molar-refractivity contribution is 7.99. The maximum atomic E-state index is 12.4. The maximum absolute atomic E-state index is 12.4. The quantitative estimate of drug-likeness (QED) is 0.0360. The van der Waals surface area contributed by atoms with E-state index < -0.39 is 24.0 Å². The predicted octanol–water partition coefficient (Wildman–Crippen LogP) is 9.25. The minimum Gasteiger partial charge on any atom is -0.481 e. The topological polar surface area (TPSA) is 116 Å². The van der Waals surface area contributed by atoms with Gasteiger partial charge < -0.3 is 19.3 Å². The highest BCUT2D eigenvalue weighted by Crippen LogP contribution is 2.19. The van der Waals surface area contributed by atoms with E-state index in [0.29, 0.717) is 5.41 Å². The number of hydrogen-bond donors (Lipinski definition) is 1. The number of ether oxygens (including phenoxy) is 3. The number of rotatable bonds is 29. The zero-order valence-electron chi connectivity index (χ0n) is 29.5. The van der Waals surface area contributed by atoms with Gasteiger partial charge in [0.2, 0.25) is 0 Å². The number of carboxylic acids is 1. The number of aliphatic carboxylic acids is 1. The number of unbranched alkanes of at least 4 members (excludes halogenated alkanes) is 10. The van der Waals surface area contributed by atoms with E-state index in [1.54, 1.807) is 6.92 Å². The van der Waals surface area contributed by atoms with Crippen molar-refractivity contribution in [3.05, 3.63) is 24.3 Å². The third-order valence-electron chi connectivity index (χ3n) is 7.18. The molecule has 0 saturated carbocycles. The van der Waals surface area contributed by atoms with E-state index in [1.165, 1.54) is 0 Å². The van der Waals surface area contributed by atoms with Crippen molar-refractivity contribution in [2.75, 3.05) is 24.7 Å². The zero-order valence-corrected chi connectivity index (χ0v) is 30.3. The van der Waals surface area contributed by atoms with Gasteiger partial charge in [-0.15, -0.1) is 0 Å². The molecule has 0 fully saturated rings. The Morgan fingerprint density at radius 2 is 1.20 bits per heavy atom. The Kier molecular flexibility index (Phi) is 27.5. The van der Waals surface area contributed by atoms with Crippen molar-refractivity contribution in [2.24, 2.45) is 11.3 Å². The van der Waals surface area contributed by atoms with Crippen LogP contribution in [0.3, 0.4) is 0 Å². The standard InChI is InChI=1S/C37H64O8S/c1-6-46-26-22-18-14-10-8-12-16-20-24-35(41)44-30-32(45-36(42)28-31(2)27-33(38)39)29-43-34(40)23-19-15-11-7-9-13-17-21-25-37(3,4)5/h17-18,21-22,31-32H,6-16,19-20,23-30H2,1-5H3,(H,38,39)/b21-17-,22-18-. The van der Waals surface area contributed by atoms with Gasteiger partial charge in [0.05, 0.1) is 0 Å². The van der Waals surface area contributed by atoms with Crippen LogP contribution >= 0.6 is 11.8 Å². The Labute approximate surface area is 283 Å². The van der Waals surface area contributed by atoms with Crippen LogP contribution in [0.1, 0.15) is 144 Å². The third kappa shape index (κ3) is 31.7. The van der Waals surface area contributed by atoms with E-state index in [-0.39, 0.29) is 50.8 Å². The molecule has 2 unspecified atom stereocenters. The van der Waals surface area contributed by atoms with Gasteiger partial charge in [-0.3, -0.25) is 19.2 Å². The summed E-state index contributed by atoms with van der Waals surface area (Å²) < 4.78 is 16.2. The molecule has 0 aromatic carbocycles. The van der Waals surface area contributed by atoms with Crippen LogP contribution < -0.4 is 0 Å². The highest BCUT2D eigenvalue weighted by atomic mass is 32.2. The van der Waals surface area contributed by atoms with Crippen LogP contribution in [0.15, 0.2) is 24.3 Å². The Balaban J connectivity index is 4.39. The average molecular weight is 669 g/mol. The van der Waals surface area contributed by atoms with Crippen LogP contribution in [0.2, 0.25) is 0 Å². The largest absolute Gasteiger partial charge is 0.481 e. The van der Waals surface area contributed by atoms with Crippen molar-refractivity contribution < 1.29 is 38.5 Å². The molecule has 9 heteroatoms. The molecule has 0 aliphatic rings. The fourth-order valence-corrected chi connectivity index (χ4v) is 5.08. The molecule has 0 aliphatic carbocycles. The second-order valence-electron chi connectivity index (χ2n) is 13.4. The molecule has 0 amide bonds. The van der Waals surface area contributed by atoms with Gasteiger partial charge in [0.25, 0.3) is 0 Å². The Hall–Kier alpha value is -2.29. The summed E-state index contributed by atoms with van der Waals surface area (Å²) >= 11 is 1.91. The monoisotopic (exact) mass is 668 g/mol. The lowest BCUT2D eigenvalue weighted by Gasteiger charge is -2.19. The first-order valence-electron chi connectivity index (χ1n) is 17.5. The summed E-state index contributed by atoms with van der Waals surface area (Å²) in [6.45, 7) is 10.1. The normalized spacial score (nSPS) is 13.2. The molecular weight excluding hydrogens is 604 g/mol. The van der Waals surface area contributed by atoms with Crippen LogP contribution in [-0.2, 0) is 33.4 Å². The van der Waals surface area contributed by atoms with Gasteiger partial charge in [0.1, 0.15) is 13.2 Å². The molecule has 0 heterocycles. The number of carboxylic acid groups (broad SMARTS) is 1. The number of allylic oxidation sites excluding steroid dienone is 3. The van der Waals surface area contributed by atoms with Crippen LogP contribution in [0, 0.1) is 11.3 Å². The Morgan fingerprint density at radius 1 is 0.696 bits per heavy atom. The smallest absolute Gasteiger partial charge is 0.306 e. The molecule has 266 valence electrons. The first-order valence-corrected chi connectivity index (χ1v) is 18.7. The first-order chi connectivity index (χ1) is 21.9. The fraction of sp³-hybridized carbons (Fsp3) is 0.784. The molecule has 2 atom stereocenters. The summed E-state index contributed by atoms with van der Waals surface area (Å²) in [6, 6.07) is 0. The van der Waals surface area contributed by atoms with E-state index >= 15 is 0 Å². The average Bonchev–Trinajstić information content (AvgIpc) is 2.97. The number of carbonyl (C=O) groups excluding carboxylic acids is 3. The molecule has 0 aromatic heterocycles. The van der Waals surface area contributed by atoms with Gasteiger partial charge >= 0.3 is 23.9 Å². The van der Waals surface area contributed by atoms with Gasteiger partial charge in [0, 0.05) is 31.4 Å². The Morgan fingerprint density at radius 3 is 1.70 bits per heavy atom. The van der Waals surface area contributed by atoms with E-state index in [9.17, 15) is 19.2 Å². The molecule has 0 bridgehead atoms. The number of carbonyl (C=O) groups is 4. The molecule has 0 aliphatic heterocycles. The summed E-state index contributed by atoms with van der Waals surface area (Å²) in [5, 5.41) is 8.96. The van der Waals surface area contributed by atoms with E-state index in [0.717, 1.165) is 95.0 Å². The van der Waals surface area contributed by atoms with Crippen molar-refractivity contribution in [2.45, 2.75) is 150 Å². The summed E-state index contributed by atoms with van der Waals surface area (Å²) in [5.41, 5.74) is 0.321. The minimum absolute atomic E-state index is 0.0927. The minimum atomic E-state index is -0.994. The second kappa shape index (κ2) is 28.9. The van der Waals surface area contributed by atoms with Gasteiger partial charge in [-0.25, -0.2) is 0 Å². The molecule has 0 saturated heterocycles. The van der Waals surface area contributed by atoms with Crippen molar-refractivity contribution in [1.29, 1.82) is 0 Å². The van der Waals surface area contributed by atoms with Crippen LogP contribution in [0.4, 0.5) is 0 Å². The van der Waals surface area contributed by atoms with Crippen LogP contribution in [0.25, 0.3) is 0 Å². The fourth-order valence-electron chi connectivity index (χ4n) is 4.57. The lowest BCUT2D eigenvalue weighted by atomic mass is 9.92. The summed E-state index contributed by atoms with van der Waals surface area (Å²) in [7, 11) is 0. The van der Waals surface area contributed by atoms with E-state index in [4.69, 9.17) is 19.3 Å². The van der Waals surface area contributed by atoms with Gasteiger partial charge in [-0.2, -0.15) is 11.8 Å². The van der Waals surface area contributed by atoms with Crippen molar-refractivity contribution >= 4 is 35.6 Å². The van der Waals surface area contributed by atoms with Crippen molar-refractivity contribution in [3.8, 4) is 0 Å². The molecular formula is C37H64O8S. The van der Waals surface area contributed by atoms with Crippen molar-refractivity contribution in [3.63, 3.8) is 0 Å². The molecule has 46 heavy (non-hydrogen) atoms. The third-order valence-corrected chi connectivity index (χ3v) is 8.02. The molecule has 8 nitrogen and oxygen atoms in total. The maximum Gasteiger partial charge on any atom is 0.306 e. The van der Waals surface area contributed by atoms with E-state index in [1.807, 2.05) is 11.8 Å². The number of esters is 3. The summed E-state index contributed by atoms with van der Waals surface area (Å²) in [6.07, 6.45) is 21.6. The molecule has 0 aromatic rings. The lowest BCUT2D eigenvalue weighted by molar-refractivity contribution is -0.167. The molecule has 0 rings (SSSR count). The zero-order chi connectivity index (χ0) is 34.5. The highest BCUT2D eigenvalue weighted by Gasteiger charge is 2.21. The summed E-state index contributed by atoms with van der Waals surface area (Å²) in [5.74, 6) is -0.575. The second-order valence-corrected chi connectivity index (χ2v) is 14.7.